The van der Waals surface area contributed by atoms with Crippen molar-refractivity contribution < 1.29 is 9.53 Å². The second-order valence-electron chi connectivity index (χ2n) is 6.24. The minimum absolute atomic E-state index is 0.149. The zero-order valence-corrected chi connectivity index (χ0v) is 13.6. The van der Waals surface area contributed by atoms with Crippen molar-refractivity contribution in [2.75, 3.05) is 39.3 Å². The molecule has 0 aromatic heterocycles. The van der Waals surface area contributed by atoms with Gasteiger partial charge in [-0.25, -0.2) is 4.79 Å². The van der Waals surface area contributed by atoms with Crippen LogP contribution in [-0.2, 0) is 4.74 Å². The number of likely N-dealkylation sites (tertiary alicyclic amines) is 2. The van der Waals surface area contributed by atoms with Crippen LogP contribution in [0.25, 0.3) is 0 Å². The summed E-state index contributed by atoms with van der Waals surface area (Å²) in [6.45, 7) is 9.92. The molecule has 122 valence electrons. The van der Waals surface area contributed by atoms with Crippen LogP contribution in [0.5, 0.6) is 0 Å². The topological polar surface area (TPSA) is 44.8 Å². The Bertz CT molecular complexity index is 309. The fourth-order valence-electron chi connectivity index (χ4n) is 3.42. The lowest BCUT2D eigenvalue weighted by Gasteiger charge is -2.37. The molecule has 1 N–H and O–H groups in total. The molecule has 0 radical (unpaired) electrons. The number of rotatable bonds is 5. The highest BCUT2D eigenvalue weighted by Gasteiger charge is 2.26. The van der Waals surface area contributed by atoms with Gasteiger partial charge in [-0.1, -0.05) is 6.92 Å². The molecule has 0 spiro atoms. The van der Waals surface area contributed by atoms with E-state index < -0.39 is 0 Å². The summed E-state index contributed by atoms with van der Waals surface area (Å²) >= 11 is 0. The molecule has 2 fully saturated rings. The summed E-state index contributed by atoms with van der Waals surface area (Å²) < 4.78 is 5.06. The number of carbonyl (C=O) groups is 1. The van der Waals surface area contributed by atoms with Crippen molar-refractivity contribution in [2.45, 2.75) is 58.0 Å². The van der Waals surface area contributed by atoms with E-state index in [2.05, 4.69) is 17.1 Å². The van der Waals surface area contributed by atoms with Crippen LogP contribution in [0.15, 0.2) is 0 Å². The monoisotopic (exact) mass is 297 g/mol. The highest BCUT2D eigenvalue weighted by molar-refractivity contribution is 5.67. The van der Waals surface area contributed by atoms with E-state index in [1.807, 2.05) is 11.8 Å². The van der Waals surface area contributed by atoms with Gasteiger partial charge in [0, 0.05) is 25.2 Å². The van der Waals surface area contributed by atoms with E-state index in [4.69, 9.17) is 4.74 Å². The molecular weight excluding hydrogens is 266 g/mol. The van der Waals surface area contributed by atoms with E-state index in [0.29, 0.717) is 18.7 Å². The molecule has 5 nitrogen and oxygen atoms in total. The van der Waals surface area contributed by atoms with Crippen molar-refractivity contribution in [3.8, 4) is 0 Å². The predicted molar refractivity (Wildman–Crippen MR) is 84.5 cm³/mol. The number of carbonyl (C=O) groups excluding carboxylic acids is 1. The molecule has 0 aromatic carbocycles. The molecule has 5 heteroatoms. The lowest BCUT2D eigenvalue weighted by Crippen LogP contribution is -2.50. The van der Waals surface area contributed by atoms with Crippen LogP contribution in [0, 0.1) is 0 Å². The second-order valence-corrected chi connectivity index (χ2v) is 6.24. The zero-order valence-electron chi connectivity index (χ0n) is 13.6. The van der Waals surface area contributed by atoms with Gasteiger partial charge in [-0.2, -0.15) is 0 Å². The number of ether oxygens (including phenoxy) is 1. The number of nitrogens with zero attached hydrogens (tertiary/aromatic N) is 2. The van der Waals surface area contributed by atoms with Crippen LogP contribution in [0.2, 0.25) is 0 Å². The van der Waals surface area contributed by atoms with Gasteiger partial charge in [0.25, 0.3) is 0 Å². The van der Waals surface area contributed by atoms with Crippen LogP contribution in [0.3, 0.4) is 0 Å². The Morgan fingerprint density at radius 3 is 2.14 bits per heavy atom. The molecule has 0 unspecified atom stereocenters. The van der Waals surface area contributed by atoms with E-state index in [-0.39, 0.29) is 6.09 Å². The lowest BCUT2D eigenvalue weighted by atomic mass is 9.99. The van der Waals surface area contributed by atoms with E-state index >= 15 is 0 Å². The first-order valence-electron chi connectivity index (χ1n) is 8.63. The summed E-state index contributed by atoms with van der Waals surface area (Å²) in [5.41, 5.74) is 0. The molecule has 2 aliphatic heterocycles. The largest absolute Gasteiger partial charge is 0.450 e. The Kier molecular flexibility index (Phi) is 6.77. The minimum Gasteiger partial charge on any atom is -0.450 e. The highest BCUT2D eigenvalue weighted by Crippen LogP contribution is 2.16. The molecule has 0 aliphatic carbocycles. The first kappa shape index (κ1) is 16.6. The molecule has 1 amide bonds. The van der Waals surface area contributed by atoms with Crippen molar-refractivity contribution in [3.63, 3.8) is 0 Å². The van der Waals surface area contributed by atoms with Crippen molar-refractivity contribution in [1.82, 2.24) is 15.1 Å². The molecule has 2 rings (SSSR count). The van der Waals surface area contributed by atoms with Crippen molar-refractivity contribution in [3.05, 3.63) is 0 Å². The van der Waals surface area contributed by atoms with Gasteiger partial charge in [0.1, 0.15) is 0 Å². The zero-order chi connectivity index (χ0) is 15.1. The van der Waals surface area contributed by atoms with Crippen LogP contribution in [0.1, 0.15) is 46.0 Å². The summed E-state index contributed by atoms with van der Waals surface area (Å²) in [4.78, 5) is 16.1. The third-order valence-corrected chi connectivity index (χ3v) is 4.62. The second kappa shape index (κ2) is 8.59. The van der Waals surface area contributed by atoms with Gasteiger partial charge < -0.3 is 19.9 Å². The fourth-order valence-corrected chi connectivity index (χ4v) is 3.42. The number of nitrogens with one attached hydrogen (secondary N) is 1. The predicted octanol–water partition coefficient (Wildman–Crippen LogP) is 2.07. The van der Waals surface area contributed by atoms with Gasteiger partial charge in [-0.3, -0.25) is 0 Å². The third kappa shape index (κ3) is 5.15. The SMILES string of the molecule is CCCN1CCC(NC2CCN(C(=O)OCC)CC2)CC1. The number of hydrogen-bond donors (Lipinski definition) is 1. The third-order valence-electron chi connectivity index (χ3n) is 4.62. The van der Waals surface area contributed by atoms with Gasteiger partial charge >= 0.3 is 6.09 Å². The van der Waals surface area contributed by atoms with Crippen LogP contribution < -0.4 is 5.32 Å². The van der Waals surface area contributed by atoms with Crippen molar-refractivity contribution in [1.29, 1.82) is 0 Å². The maximum atomic E-state index is 11.7. The molecule has 2 aliphatic rings. The van der Waals surface area contributed by atoms with E-state index in [9.17, 15) is 4.79 Å². The van der Waals surface area contributed by atoms with E-state index in [0.717, 1.165) is 25.9 Å². The number of amides is 1. The first-order chi connectivity index (χ1) is 10.2. The first-order valence-corrected chi connectivity index (χ1v) is 8.63. The van der Waals surface area contributed by atoms with Crippen LogP contribution >= 0.6 is 0 Å². The van der Waals surface area contributed by atoms with Gasteiger partial charge in [-0.15, -0.1) is 0 Å². The van der Waals surface area contributed by atoms with Crippen LogP contribution in [0.4, 0.5) is 4.79 Å². The average Bonchev–Trinajstić information content (AvgIpc) is 2.50. The van der Waals surface area contributed by atoms with Gasteiger partial charge in [0.15, 0.2) is 0 Å². The Morgan fingerprint density at radius 2 is 1.62 bits per heavy atom. The molecular formula is C16H31N3O2. The Balaban J connectivity index is 1.64. The van der Waals surface area contributed by atoms with Gasteiger partial charge in [0.05, 0.1) is 6.61 Å². The molecule has 2 saturated heterocycles. The van der Waals surface area contributed by atoms with Gasteiger partial charge in [-0.05, 0) is 58.7 Å². The maximum Gasteiger partial charge on any atom is 0.409 e. The van der Waals surface area contributed by atoms with Crippen molar-refractivity contribution >= 4 is 6.09 Å². The van der Waals surface area contributed by atoms with Gasteiger partial charge in [0.2, 0.25) is 0 Å². The smallest absolute Gasteiger partial charge is 0.409 e. The summed E-state index contributed by atoms with van der Waals surface area (Å²) in [5.74, 6) is 0. The number of piperidine rings is 2. The molecule has 2 heterocycles. The summed E-state index contributed by atoms with van der Waals surface area (Å²) in [6.07, 6.45) is 5.73. The number of hydrogen-bond acceptors (Lipinski definition) is 4. The van der Waals surface area contributed by atoms with E-state index in [1.165, 1.54) is 38.9 Å². The molecule has 0 atom stereocenters. The molecule has 0 aromatic rings. The Hall–Kier alpha value is -0.810. The van der Waals surface area contributed by atoms with Crippen molar-refractivity contribution in [2.24, 2.45) is 0 Å². The Morgan fingerprint density at radius 1 is 1.05 bits per heavy atom. The molecule has 0 bridgehead atoms. The normalized spacial score (nSPS) is 22.5. The maximum absolute atomic E-state index is 11.7. The summed E-state index contributed by atoms with van der Waals surface area (Å²) in [6, 6.07) is 1.23. The minimum atomic E-state index is -0.149. The fraction of sp³-hybridized carbons (Fsp3) is 0.938. The summed E-state index contributed by atoms with van der Waals surface area (Å²) in [7, 11) is 0. The standard InChI is InChI=1S/C16H31N3O2/c1-3-9-18-10-5-14(6-11-18)17-15-7-12-19(13-8-15)16(20)21-4-2/h14-15,17H,3-13H2,1-2H3. The Labute approximate surface area is 129 Å². The lowest BCUT2D eigenvalue weighted by molar-refractivity contribution is 0.0925. The highest BCUT2D eigenvalue weighted by atomic mass is 16.6. The summed E-state index contributed by atoms with van der Waals surface area (Å²) in [5, 5.41) is 3.81. The van der Waals surface area contributed by atoms with E-state index in [1.54, 1.807) is 0 Å². The quantitative estimate of drug-likeness (QED) is 0.844. The molecule has 21 heavy (non-hydrogen) atoms. The molecule has 0 saturated carbocycles. The average molecular weight is 297 g/mol. The van der Waals surface area contributed by atoms with Crippen LogP contribution in [-0.4, -0.2) is 67.3 Å².